The molecular formula is C10H13N3. The molecule has 1 aromatic rings. The smallest absolute Gasteiger partial charge is 0.0527 e. The molecule has 3 N–H and O–H groups in total. The first kappa shape index (κ1) is 9.56. The molecule has 1 aromatic heterocycles. The van der Waals surface area contributed by atoms with Gasteiger partial charge in [0.05, 0.1) is 5.69 Å². The zero-order valence-electron chi connectivity index (χ0n) is 7.62. The number of nitrogens with two attached hydrogens (primary N) is 1. The third-order valence-electron chi connectivity index (χ3n) is 1.81. The summed E-state index contributed by atoms with van der Waals surface area (Å²) in [5.41, 5.74) is 7.73. The van der Waals surface area contributed by atoms with Gasteiger partial charge in [-0.25, -0.2) is 0 Å². The van der Waals surface area contributed by atoms with E-state index >= 15 is 0 Å². The van der Waals surface area contributed by atoms with Crippen molar-refractivity contribution in [2.75, 3.05) is 12.4 Å². The van der Waals surface area contributed by atoms with Crippen molar-refractivity contribution >= 4 is 5.69 Å². The monoisotopic (exact) mass is 175 g/mol. The molecule has 68 valence electrons. The molecule has 13 heavy (non-hydrogen) atoms. The summed E-state index contributed by atoms with van der Waals surface area (Å²) in [7, 11) is 1.84. The summed E-state index contributed by atoms with van der Waals surface area (Å²) in [6.45, 7) is 0. The standard InChI is InChI=1S/C10H13N3/c1-3-4-10(11)8-5-9(12-2)7-13-6-8/h1,5-7,10,12H,4,11H2,2H3. The van der Waals surface area contributed by atoms with Crippen molar-refractivity contribution in [3.05, 3.63) is 24.0 Å². The second kappa shape index (κ2) is 4.48. The lowest BCUT2D eigenvalue weighted by Crippen LogP contribution is -2.09. The van der Waals surface area contributed by atoms with Crippen LogP contribution in [0.4, 0.5) is 5.69 Å². The molecule has 0 aliphatic heterocycles. The van der Waals surface area contributed by atoms with Crippen LogP contribution in [0.15, 0.2) is 18.5 Å². The molecule has 3 heteroatoms. The molecule has 3 nitrogen and oxygen atoms in total. The number of rotatable bonds is 3. The number of nitrogens with one attached hydrogen (secondary N) is 1. The Bertz CT molecular complexity index is 314. The zero-order valence-corrected chi connectivity index (χ0v) is 7.62. The first-order valence-corrected chi connectivity index (χ1v) is 4.09. The lowest BCUT2D eigenvalue weighted by molar-refractivity contribution is 0.750. The summed E-state index contributed by atoms with van der Waals surface area (Å²) in [6.07, 6.45) is 9.19. The Morgan fingerprint density at radius 3 is 3.08 bits per heavy atom. The second-order valence-corrected chi connectivity index (χ2v) is 2.77. The van der Waals surface area contributed by atoms with Gasteiger partial charge in [0.1, 0.15) is 0 Å². The number of nitrogens with zero attached hydrogens (tertiary/aromatic N) is 1. The van der Waals surface area contributed by atoms with Crippen LogP contribution in [0.5, 0.6) is 0 Å². The Balaban J connectivity index is 2.83. The normalized spacial score (nSPS) is 11.8. The van der Waals surface area contributed by atoms with Crippen molar-refractivity contribution in [2.45, 2.75) is 12.5 Å². The van der Waals surface area contributed by atoms with Gasteiger partial charge in [-0.3, -0.25) is 4.98 Å². The van der Waals surface area contributed by atoms with E-state index in [1.165, 1.54) is 0 Å². The molecule has 0 bridgehead atoms. The quantitative estimate of drug-likeness (QED) is 0.677. The predicted octanol–water partition coefficient (Wildman–Crippen LogP) is 1.15. The molecule has 1 unspecified atom stereocenters. The van der Waals surface area contributed by atoms with Gasteiger partial charge in [-0.05, 0) is 11.6 Å². The first-order chi connectivity index (χ1) is 6.27. The number of anilines is 1. The molecule has 0 saturated heterocycles. The van der Waals surface area contributed by atoms with Gasteiger partial charge in [-0.2, -0.15) is 0 Å². The van der Waals surface area contributed by atoms with Crippen LogP contribution in [0, 0.1) is 12.3 Å². The van der Waals surface area contributed by atoms with E-state index < -0.39 is 0 Å². The lowest BCUT2D eigenvalue weighted by atomic mass is 10.1. The lowest BCUT2D eigenvalue weighted by Gasteiger charge is -2.09. The van der Waals surface area contributed by atoms with Crippen molar-refractivity contribution in [3.8, 4) is 12.3 Å². The Morgan fingerprint density at radius 2 is 2.46 bits per heavy atom. The highest BCUT2D eigenvalue weighted by Crippen LogP contribution is 2.15. The van der Waals surface area contributed by atoms with Gasteiger partial charge in [0.15, 0.2) is 0 Å². The maximum Gasteiger partial charge on any atom is 0.0527 e. The molecule has 0 saturated carbocycles. The van der Waals surface area contributed by atoms with Crippen LogP contribution in [0.3, 0.4) is 0 Å². The SMILES string of the molecule is C#CCC(N)c1cncc(NC)c1. The maximum atomic E-state index is 5.82. The molecule has 1 rings (SSSR count). The number of hydrogen-bond acceptors (Lipinski definition) is 3. The molecule has 0 aliphatic rings. The molecule has 0 amide bonds. The highest BCUT2D eigenvalue weighted by atomic mass is 14.8. The number of pyridine rings is 1. The van der Waals surface area contributed by atoms with Crippen LogP contribution in [0.25, 0.3) is 0 Å². The Labute approximate surface area is 78.4 Å². The second-order valence-electron chi connectivity index (χ2n) is 2.77. The van der Waals surface area contributed by atoms with Crippen LogP contribution < -0.4 is 11.1 Å². The number of hydrogen-bond donors (Lipinski definition) is 2. The fourth-order valence-corrected chi connectivity index (χ4v) is 1.04. The molecular weight excluding hydrogens is 162 g/mol. The van der Waals surface area contributed by atoms with E-state index in [-0.39, 0.29) is 6.04 Å². The van der Waals surface area contributed by atoms with Crippen LogP contribution >= 0.6 is 0 Å². The van der Waals surface area contributed by atoms with E-state index in [2.05, 4.69) is 16.2 Å². The fraction of sp³-hybridized carbons (Fsp3) is 0.300. The van der Waals surface area contributed by atoms with Crippen molar-refractivity contribution in [3.63, 3.8) is 0 Å². The summed E-state index contributed by atoms with van der Waals surface area (Å²) in [4.78, 5) is 4.05. The molecule has 0 radical (unpaired) electrons. The van der Waals surface area contributed by atoms with Crippen LogP contribution in [-0.2, 0) is 0 Å². The van der Waals surface area contributed by atoms with Gasteiger partial charge in [-0.15, -0.1) is 12.3 Å². The predicted molar refractivity (Wildman–Crippen MR) is 54.2 cm³/mol. The minimum absolute atomic E-state index is 0.120. The maximum absolute atomic E-state index is 5.82. The van der Waals surface area contributed by atoms with Crippen molar-refractivity contribution in [1.82, 2.24) is 4.98 Å². The van der Waals surface area contributed by atoms with Crippen LogP contribution in [-0.4, -0.2) is 12.0 Å². The van der Waals surface area contributed by atoms with Crippen LogP contribution in [0.2, 0.25) is 0 Å². The van der Waals surface area contributed by atoms with Gasteiger partial charge in [-0.1, -0.05) is 0 Å². The Kier molecular flexibility index (Phi) is 3.30. The average Bonchev–Trinajstić information content (AvgIpc) is 2.18. The van der Waals surface area contributed by atoms with Gasteiger partial charge < -0.3 is 11.1 Å². The Morgan fingerprint density at radius 1 is 1.69 bits per heavy atom. The van der Waals surface area contributed by atoms with E-state index in [1.54, 1.807) is 12.4 Å². The van der Waals surface area contributed by atoms with E-state index in [4.69, 9.17) is 12.2 Å². The van der Waals surface area contributed by atoms with Gasteiger partial charge in [0.2, 0.25) is 0 Å². The van der Waals surface area contributed by atoms with Crippen LogP contribution in [0.1, 0.15) is 18.0 Å². The van der Waals surface area contributed by atoms with E-state index in [9.17, 15) is 0 Å². The molecule has 0 aliphatic carbocycles. The Hall–Kier alpha value is -1.53. The van der Waals surface area contributed by atoms with E-state index in [0.29, 0.717) is 6.42 Å². The van der Waals surface area contributed by atoms with Gasteiger partial charge >= 0.3 is 0 Å². The minimum Gasteiger partial charge on any atom is -0.387 e. The summed E-state index contributed by atoms with van der Waals surface area (Å²) in [5, 5.41) is 2.99. The summed E-state index contributed by atoms with van der Waals surface area (Å²) in [5.74, 6) is 2.53. The summed E-state index contributed by atoms with van der Waals surface area (Å²) < 4.78 is 0. The molecule has 0 spiro atoms. The zero-order chi connectivity index (χ0) is 9.68. The fourth-order valence-electron chi connectivity index (χ4n) is 1.04. The van der Waals surface area contributed by atoms with E-state index in [1.807, 2.05) is 13.1 Å². The largest absolute Gasteiger partial charge is 0.387 e. The number of aromatic nitrogens is 1. The minimum atomic E-state index is -0.120. The third kappa shape index (κ3) is 2.46. The summed E-state index contributed by atoms with van der Waals surface area (Å²) >= 11 is 0. The van der Waals surface area contributed by atoms with E-state index in [0.717, 1.165) is 11.3 Å². The van der Waals surface area contributed by atoms with Gasteiger partial charge in [0.25, 0.3) is 0 Å². The molecule has 0 fully saturated rings. The van der Waals surface area contributed by atoms with Crippen molar-refractivity contribution in [2.24, 2.45) is 5.73 Å². The van der Waals surface area contributed by atoms with Gasteiger partial charge in [0, 0.05) is 31.9 Å². The highest BCUT2D eigenvalue weighted by Gasteiger charge is 2.04. The number of terminal acetylenes is 1. The third-order valence-corrected chi connectivity index (χ3v) is 1.81. The summed E-state index contributed by atoms with van der Waals surface area (Å²) in [6, 6.07) is 1.83. The molecule has 1 atom stereocenters. The van der Waals surface area contributed by atoms with Crippen molar-refractivity contribution in [1.29, 1.82) is 0 Å². The average molecular weight is 175 g/mol. The van der Waals surface area contributed by atoms with Crippen molar-refractivity contribution < 1.29 is 0 Å². The molecule has 0 aromatic carbocycles. The first-order valence-electron chi connectivity index (χ1n) is 4.09. The topological polar surface area (TPSA) is 50.9 Å². The molecule has 1 heterocycles. The highest BCUT2D eigenvalue weighted by molar-refractivity contribution is 5.42.